The molecule has 0 heterocycles. The molecule has 2 heteroatoms. The molecule has 0 atom stereocenters. The summed E-state index contributed by atoms with van der Waals surface area (Å²) >= 11 is 1.90. The van der Waals surface area contributed by atoms with E-state index in [0.29, 0.717) is 0 Å². The van der Waals surface area contributed by atoms with E-state index >= 15 is 0 Å². The first-order valence-electron chi connectivity index (χ1n) is 5.79. The number of thioether (sulfide) groups is 1. The first-order chi connectivity index (χ1) is 8.40. The van der Waals surface area contributed by atoms with Gasteiger partial charge in [0.25, 0.3) is 0 Å². The zero-order valence-electron chi connectivity index (χ0n) is 10.0. The lowest BCUT2D eigenvalue weighted by atomic mass is 10.2. The van der Waals surface area contributed by atoms with E-state index in [2.05, 4.69) is 59.9 Å². The molecule has 0 saturated heterocycles. The smallest absolute Gasteiger partial charge is 0.0232 e. The van der Waals surface area contributed by atoms with Crippen LogP contribution >= 0.6 is 11.8 Å². The van der Waals surface area contributed by atoms with Crippen LogP contribution in [0.3, 0.4) is 0 Å². The minimum absolute atomic E-state index is 0.929. The lowest BCUT2D eigenvalue weighted by Crippen LogP contribution is -2.05. The predicted molar refractivity (Wildman–Crippen MR) is 75.2 cm³/mol. The molecule has 17 heavy (non-hydrogen) atoms. The van der Waals surface area contributed by atoms with Crippen LogP contribution in [0.1, 0.15) is 11.1 Å². The lowest BCUT2D eigenvalue weighted by Gasteiger charge is -2.08. The molecule has 0 unspecified atom stereocenters. The van der Waals surface area contributed by atoms with Crippen molar-refractivity contribution in [1.29, 1.82) is 0 Å². The summed E-state index contributed by atoms with van der Waals surface area (Å²) in [4.78, 5) is 1.37. The Kier molecular flexibility index (Phi) is 4.65. The van der Waals surface area contributed by atoms with Crippen molar-refractivity contribution in [3.8, 4) is 0 Å². The lowest BCUT2D eigenvalue weighted by molar-refractivity contribution is 0.803. The molecule has 0 aromatic heterocycles. The molecule has 0 aliphatic heterocycles. The van der Waals surface area contributed by atoms with Crippen molar-refractivity contribution >= 4 is 11.8 Å². The largest absolute Gasteiger partial charge is 0.316 e. The number of hydrogen-bond donors (Lipinski definition) is 1. The van der Waals surface area contributed by atoms with Crippen molar-refractivity contribution in [3.05, 3.63) is 65.7 Å². The maximum atomic E-state index is 3.21. The summed E-state index contributed by atoms with van der Waals surface area (Å²) in [6.45, 7) is 0.929. The Labute approximate surface area is 107 Å². The summed E-state index contributed by atoms with van der Waals surface area (Å²) < 4.78 is 0. The average Bonchev–Trinajstić information content (AvgIpc) is 2.39. The topological polar surface area (TPSA) is 12.0 Å². The molecule has 0 aliphatic rings. The maximum Gasteiger partial charge on any atom is 0.0232 e. The molecule has 2 rings (SSSR count). The van der Waals surface area contributed by atoms with E-state index in [-0.39, 0.29) is 0 Å². The van der Waals surface area contributed by atoms with Gasteiger partial charge in [-0.05, 0) is 24.2 Å². The van der Waals surface area contributed by atoms with Crippen LogP contribution in [0.2, 0.25) is 0 Å². The zero-order chi connectivity index (χ0) is 11.9. The SMILES string of the molecule is CNCc1ccccc1SCc1ccccc1. The van der Waals surface area contributed by atoms with Crippen molar-refractivity contribution in [3.63, 3.8) is 0 Å². The number of nitrogens with one attached hydrogen (secondary N) is 1. The van der Waals surface area contributed by atoms with E-state index in [1.54, 1.807) is 0 Å². The van der Waals surface area contributed by atoms with E-state index in [1.165, 1.54) is 16.0 Å². The van der Waals surface area contributed by atoms with Crippen LogP contribution in [0.5, 0.6) is 0 Å². The van der Waals surface area contributed by atoms with Crippen molar-refractivity contribution in [2.45, 2.75) is 17.2 Å². The molecule has 0 aliphatic carbocycles. The summed E-state index contributed by atoms with van der Waals surface area (Å²) in [7, 11) is 1.98. The monoisotopic (exact) mass is 243 g/mol. The number of benzene rings is 2. The zero-order valence-corrected chi connectivity index (χ0v) is 10.8. The van der Waals surface area contributed by atoms with Gasteiger partial charge in [0.15, 0.2) is 0 Å². The molecule has 1 N–H and O–H groups in total. The molecule has 2 aromatic carbocycles. The Morgan fingerprint density at radius 3 is 2.41 bits per heavy atom. The van der Waals surface area contributed by atoms with Gasteiger partial charge in [-0.1, -0.05) is 48.5 Å². The molecule has 2 aromatic rings. The fourth-order valence-corrected chi connectivity index (χ4v) is 2.73. The maximum absolute atomic E-state index is 3.21. The fourth-order valence-electron chi connectivity index (χ4n) is 1.72. The van der Waals surface area contributed by atoms with Crippen LogP contribution in [-0.2, 0) is 12.3 Å². The minimum atomic E-state index is 0.929. The summed E-state index contributed by atoms with van der Waals surface area (Å²) in [5.74, 6) is 1.03. The standard InChI is InChI=1S/C15H17NS/c1-16-11-14-9-5-6-10-15(14)17-12-13-7-3-2-4-8-13/h2-10,16H,11-12H2,1H3. The van der Waals surface area contributed by atoms with Crippen molar-refractivity contribution in [2.75, 3.05) is 7.05 Å². The highest BCUT2D eigenvalue weighted by atomic mass is 32.2. The van der Waals surface area contributed by atoms with Gasteiger partial charge in [-0.15, -0.1) is 11.8 Å². The average molecular weight is 243 g/mol. The van der Waals surface area contributed by atoms with Crippen LogP contribution in [0, 0.1) is 0 Å². The fraction of sp³-hybridized carbons (Fsp3) is 0.200. The third kappa shape index (κ3) is 3.62. The van der Waals surface area contributed by atoms with E-state index in [0.717, 1.165) is 12.3 Å². The van der Waals surface area contributed by atoms with Gasteiger partial charge < -0.3 is 5.32 Å². The van der Waals surface area contributed by atoms with Crippen LogP contribution in [0.4, 0.5) is 0 Å². The summed E-state index contributed by atoms with van der Waals surface area (Å²) in [5.41, 5.74) is 2.74. The Balaban J connectivity index is 2.03. The van der Waals surface area contributed by atoms with Crippen molar-refractivity contribution < 1.29 is 0 Å². The summed E-state index contributed by atoms with van der Waals surface area (Å²) in [5, 5.41) is 3.21. The Morgan fingerprint density at radius 1 is 0.941 bits per heavy atom. The highest BCUT2D eigenvalue weighted by molar-refractivity contribution is 7.98. The van der Waals surface area contributed by atoms with Crippen molar-refractivity contribution in [2.24, 2.45) is 0 Å². The third-order valence-electron chi connectivity index (χ3n) is 2.58. The third-order valence-corrected chi connectivity index (χ3v) is 3.76. The van der Waals surface area contributed by atoms with Crippen molar-refractivity contribution in [1.82, 2.24) is 5.32 Å². The van der Waals surface area contributed by atoms with E-state index in [1.807, 2.05) is 18.8 Å². The van der Waals surface area contributed by atoms with Crippen LogP contribution < -0.4 is 5.32 Å². The van der Waals surface area contributed by atoms with E-state index < -0.39 is 0 Å². The second kappa shape index (κ2) is 6.48. The van der Waals surface area contributed by atoms with Gasteiger partial charge in [-0.2, -0.15) is 0 Å². The van der Waals surface area contributed by atoms with Crippen LogP contribution in [0.25, 0.3) is 0 Å². The van der Waals surface area contributed by atoms with Gasteiger partial charge in [0.2, 0.25) is 0 Å². The second-order valence-electron chi connectivity index (χ2n) is 3.91. The first-order valence-corrected chi connectivity index (χ1v) is 6.78. The number of rotatable bonds is 5. The van der Waals surface area contributed by atoms with Gasteiger partial charge in [0.05, 0.1) is 0 Å². The molecule has 0 saturated carbocycles. The normalized spacial score (nSPS) is 10.4. The van der Waals surface area contributed by atoms with Crippen LogP contribution in [-0.4, -0.2) is 7.05 Å². The second-order valence-corrected chi connectivity index (χ2v) is 4.93. The summed E-state index contributed by atoms with van der Waals surface area (Å²) in [6.07, 6.45) is 0. The van der Waals surface area contributed by atoms with Gasteiger partial charge in [0.1, 0.15) is 0 Å². The predicted octanol–water partition coefficient (Wildman–Crippen LogP) is 3.70. The molecule has 0 spiro atoms. The highest BCUT2D eigenvalue weighted by Gasteiger charge is 2.01. The molecule has 0 radical (unpaired) electrons. The quantitative estimate of drug-likeness (QED) is 0.804. The first kappa shape index (κ1) is 12.2. The Hall–Kier alpha value is -1.25. The molecule has 1 nitrogen and oxygen atoms in total. The molecular weight excluding hydrogens is 226 g/mol. The van der Waals surface area contributed by atoms with E-state index in [9.17, 15) is 0 Å². The molecule has 0 fully saturated rings. The molecule has 0 bridgehead atoms. The molecular formula is C15H17NS. The van der Waals surface area contributed by atoms with Crippen LogP contribution in [0.15, 0.2) is 59.5 Å². The van der Waals surface area contributed by atoms with Gasteiger partial charge in [-0.25, -0.2) is 0 Å². The highest BCUT2D eigenvalue weighted by Crippen LogP contribution is 2.26. The minimum Gasteiger partial charge on any atom is -0.316 e. The van der Waals surface area contributed by atoms with Gasteiger partial charge in [-0.3, -0.25) is 0 Å². The summed E-state index contributed by atoms with van der Waals surface area (Å²) in [6, 6.07) is 19.2. The molecule has 88 valence electrons. The van der Waals surface area contributed by atoms with Gasteiger partial charge >= 0.3 is 0 Å². The Morgan fingerprint density at radius 2 is 1.65 bits per heavy atom. The molecule has 0 amide bonds. The van der Waals surface area contributed by atoms with E-state index in [4.69, 9.17) is 0 Å². The van der Waals surface area contributed by atoms with Gasteiger partial charge in [0, 0.05) is 17.2 Å². The number of hydrogen-bond acceptors (Lipinski definition) is 2. The Bertz CT molecular complexity index is 453.